The molecule has 3 aromatic carbocycles. The van der Waals surface area contributed by atoms with Crippen LogP contribution in [0.5, 0.6) is 17.2 Å². The normalized spacial score (nSPS) is 10.8. The number of nitrogen functional groups attached to an aromatic ring is 1. The summed E-state index contributed by atoms with van der Waals surface area (Å²) in [6.45, 7) is 3.48. The Hall–Kier alpha value is -4.65. The standard InChI is InChI=1S/C15H11ClF3NO4.C10H10N4O/c1-2-23-14-8-10(4-5-12(14)20(21)22)24-13-6-3-9(7-11(13)16)15(17,18)19;1-7-12-13-9(10(15)14(7)11)8-5-3-2-4-6-8/h3-8H,2H2,1H3;2-6H,11H2,1H3. The molecule has 14 heteroatoms. The van der Waals surface area contributed by atoms with Gasteiger partial charge in [0, 0.05) is 17.7 Å². The highest BCUT2D eigenvalue weighted by Gasteiger charge is 2.31. The third-order valence-corrected chi connectivity index (χ3v) is 5.32. The second-order valence-corrected chi connectivity index (χ2v) is 8.11. The summed E-state index contributed by atoms with van der Waals surface area (Å²) in [6.07, 6.45) is -4.52. The zero-order chi connectivity index (χ0) is 28.7. The van der Waals surface area contributed by atoms with Crippen molar-refractivity contribution in [3.63, 3.8) is 0 Å². The first-order valence-corrected chi connectivity index (χ1v) is 11.5. The Bertz CT molecular complexity index is 1530. The molecule has 10 nitrogen and oxygen atoms in total. The first-order valence-electron chi connectivity index (χ1n) is 11.1. The molecule has 0 unspecified atom stereocenters. The summed E-state index contributed by atoms with van der Waals surface area (Å²) in [7, 11) is 0. The summed E-state index contributed by atoms with van der Waals surface area (Å²) in [4.78, 5) is 22.0. The minimum Gasteiger partial charge on any atom is -0.487 e. The van der Waals surface area contributed by atoms with Crippen molar-refractivity contribution in [1.29, 1.82) is 0 Å². The number of ether oxygens (including phenoxy) is 2. The number of aryl methyl sites for hydroxylation is 1. The first kappa shape index (κ1) is 28.9. The Morgan fingerprint density at radius 3 is 2.33 bits per heavy atom. The Kier molecular flexibility index (Phi) is 9.09. The van der Waals surface area contributed by atoms with E-state index in [0.717, 1.165) is 22.9 Å². The predicted octanol–water partition coefficient (Wildman–Crippen LogP) is 5.79. The molecule has 4 rings (SSSR count). The Balaban J connectivity index is 0.000000239. The summed E-state index contributed by atoms with van der Waals surface area (Å²) < 4.78 is 49.4. The predicted molar refractivity (Wildman–Crippen MR) is 137 cm³/mol. The third-order valence-electron chi connectivity index (χ3n) is 5.03. The van der Waals surface area contributed by atoms with Gasteiger partial charge in [-0.1, -0.05) is 41.9 Å². The first-order chi connectivity index (χ1) is 18.4. The largest absolute Gasteiger partial charge is 0.487 e. The highest BCUT2D eigenvalue weighted by molar-refractivity contribution is 6.32. The second-order valence-electron chi connectivity index (χ2n) is 7.70. The maximum Gasteiger partial charge on any atom is 0.416 e. The molecule has 204 valence electrons. The van der Waals surface area contributed by atoms with Crippen LogP contribution in [0.3, 0.4) is 0 Å². The van der Waals surface area contributed by atoms with Crippen molar-refractivity contribution in [2.45, 2.75) is 20.0 Å². The molecule has 4 aromatic rings. The van der Waals surface area contributed by atoms with Crippen LogP contribution in [-0.2, 0) is 6.18 Å². The van der Waals surface area contributed by atoms with Crippen LogP contribution in [0.1, 0.15) is 18.3 Å². The summed E-state index contributed by atoms with van der Waals surface area (Å²) in [6, 6.07) is 15.5. The van der Waals surface area contributed by atoms with Gasteiger partial charge in [-0.25, -0.2) is 4.68 Å². The van der Waals surface area contributed by atoms with Gasteiger partial charge in [-0.15, -0.1) is 10.2 Å². The molecule has 0 amide bonds. The van der Waals surface area contributed by atoms with Gasteiger partial charge in [-0.2, -0.15) is 13.2 Å². The fourth-order valence-corrected chi connectivity index (χ4v) is 3.34. The van der Waals surface area contributed by atoms with Gasteiger partial charge in [-0.3, -0.25) is 14.9 Å². The van der Waals surface area contributed by atoms with Crippen LogP contribution in [0.4, 0.5) is 18.9 Å². The molecule has 0 aliphatic rings. The second kappa shape index (κ2) is 12.3. The third kappa shape index (κ3) is 7.23. The topological polar surface area (TPSA) is 135 Å². The fraction of sp³-hybridized carbons (Fsp3) is 0.160. The zero-order valence-electron chi connectivity index (χ0n) is 20.5. The van der Waals surface area contributed by atoms with E-state index in [1.807, 2.05) is 18.2 Å². The lowest BCUT2D eigenvalue weighted by Gasteiger charge is -2.12. The molecule has 0 aliphatic heterocycles. The lowest BCUT2D eigenvalue weighted by Crippen LogP contribution is -2.32. The number of nitrogens with zero attached hydrogens (tertiary/aromatic N) is 4. The SMILES string of the molecule is CCOc1cc(Oc2ccc(C(F)(F)F)cc2Cl)ccc1[N+](=O)[O-].Cc1nnc(-c2ccccc2)c(=O)n1N. The molecule has 0 saturated heterocycles. The number of rotatable bonds is 6. The highest BCUT2D eigenvalue weighted by atomic mass is 35.5. The van der Waals surface area contributed by atoms with E-state index < -0.39 is 16.7 Å². The monoisotopic (exact) mass is 563 g/mol. The molecule has 1 aromatic heterocycles. The van der Waals surface area contributed by atoms with Crippen molar-refractivity contribution >= 4 is 17.3 Å². The molecule has 0 saturated carbocycles. The van der Waals surface area contributed by atoms with Crippen molar-refractivity contribution in [1.82, 2.24) is 14.9 Å². The summed E-state index contributed by atoms with van der Waals surface area (Å²) in [5.74, 6) is 6.03. The minimum atomic E-state index is -4.52. The average molecular weight is 564 g/mol. The number of benzene rings is 3. The van der Waals surface area contributed by atoms with Crippen LogP contribution >= 0.6 is 11.6 Å². The van der Waals surface area contributed by atoms with E-state index in [1.165, 1.54) is 18.2 Å². The summed E-state index contributed by atoms with van der Waals surface area (Å²) in [5.41, 5.74) is -0.507. The lowest BCUT2D eigenvalue weighted by atomic mass is 10.2. The number of hydrogen-bond acceptors (Lipinski definition) is 8. The van der Waals surface area contributed by atoms with Crippen LogP contribution in [0.25, 0.3) is 11.3 Å². The van der Waals surface area contributed by atoms with Crippen LogP contribution in [0.15, 0.2) is 71.5 Å². The molecule has 39 heavy (non-hydrogen) atoms. The molecule has 1 heterocycles. The number of nitro benzene ring substituents is 1. The molecule has 0 bridgehead atoms. The van der Waals surface area contributed by atoms with Gasteiger partial charge >= 0.3 is 11.9 Å². The van der Waals surface area contributed by atoms with E-state index in [0.29, 0.717) is 11.4 Å². The smallest absolute Gasteiger partial charge is 0.416 e. The van der Waals surface area contributed by atoms with Crippen molar-refractivity contribution in [2.24, 2.45) is 0 Å². The van der Waals surface area contributed by atoms with Crippen LogP contribution in [-0.4, -0.2) is 26.4 Å². The zero-order valence-corrected chi connectivity index (χ0v) is 21.2. The lowest BCUT2D eigenvalue weighted by molar-refractivity contribution is -0.385. The maximum atomic E-state index is 12.6. The highest BCUT2D eigenvalue weighted by Crippen LogP contribution is 2.38. The van der Waals surface area contributed by atoms with Gasteiger partial charge in [-0.05, 0) is 38.1 Å². The summed E-state index contributed by atoms with van der Waals surface area (Å²) >= 11 is 5.80. The Morgan fingerprint density at radius 1 is 1.05 bits per heavy atom. The molecule has 0 radical (unpaired) electrons. The molecule has 0 aliphatic carbocycles. The molecule has 0 fully saturated rings. The van der Waals surface area contributed by atoms with Crippen molar-refractivity contribution in [3.05, 3.63) is 104 Å². The number of hydrogen-bond donors (Lipinski definition) is 1. The quantitative estimate of drug-likeness (QED) is 0.177. The van der Waals surface area contributed by atoms with Crippen molar-refractivity contribution in [2.75, 3.05) is 12.4 Å². The van der Waals surface area contributed by atoms with Crippen molar-refractivity contribution < 1.29 is 27.6 Å². The average Bonchev–Trinajstić information content (AvgIpc) is 2.89. The van der Waals surface area contributed by atoms with E-state index in [1.54, 1.807) is 26.0 Å². The van der Waals surface area contributed by atoms with Gasteiger partial charge < -0.3 is 15.3 Å². The number of nitrogens with two attached hydrogens (primary N) is 1. The molecular weight excluding hydrogens is 543 g/mol. The number of aromatic nitrogens is 3. The molecule has 0 atom stereocenters. The van der Waals surface area contributed by atoms with E-state index in [9.17, 15) is 28.1 Å². The number of alkyl halides is 3. The van der Waals surface area contributed by atoms with Gasteiger partial charge in [0.05, 0.1) is 22.1 Å². The van der Waals surface area contributed by atoms with Gasteiger partial charge in [0.2, 0.25) is 5.75 Å². The van der Waals surface area contributed by atoms with Gasteiger partial charge in [0.15, 0.2) is 11.5 Å². The summed E-state index contributed by atoms with van der Waals surface area (Å²) in [5, 5.41) is 18.3. The van der Waals surface area contributed by atoms with Crippen molar-refractivity contribution in [3.8, 4) is 28.5 Å². The molecule has 0 spiro atoms. The van der Waals surface area contributed by atoms with E-state index in [4.69, 9.17) is 26.9 Å². The van der Waals surface area contributed by atoms with Gasteiger partial charge in [0.1, 0.15) is 11.5 Å². The molecular formula is C25H21ClF3N5O5. The number of nitro groups is 1. The van der Waals surface area contributed by atoms with Crippen LogP contribution in [0.2, 0.25) is 5.02 Å². The molecule has 2 N–H and O–H groups in total. The maximum absolute atomic E-state index is 12.6. The van der Waals surface area contributed by atoms with Crippen LogP contribution in [0, 0.1) is 17.0 Å². The number of halogens is 4. The van der Waals surface area contributed by atoms with E-state index in [-0.39, 0.29) is 45.8 Å². The fourth-order valence-electron chi connectivity index (χ4n) is 3.12. The van der Waals surface area contributed by atoms with Crippen LogP contribution < -0.4 is 20.9 Å². The van der Waals surface area contributed by atoms with E-state index >= 15 is 0 Å². The Morgan fingerprint density at radius 2 is 1.74 bits per heavy atom. The Labute approximate surface area is 224 Å². The minimum absolute atomic E-state index is 0.0111. The van der Waals surface area contributed by atoms with E-state index in [2.05, 4.69) is 10.2 Å². The van der Waals surface area contributed by atoms with Gasteiger partial charge in [0.25, 0.3) is 5.56 Å².